The zero-order valence-corrected chi connectivity index (χ0v) is 17.7. The average Bonchev–Trinajstić information content (AvgIpc) is 3.28. The first-order valence-electron chi connectivity index (χ1n) is 10.1. The molecule has 0 spiro atoms. The lowest BCUT2D eigenvalue weighted by Gasteiger charge is -2.16. The zero-order valence-electron chi connectivity index (χ0n) is 17.7. The Morgan fingerprint density at radius 1 is 1.00 bits per heavy atom. The molecule has 0 aromatic heterocycles. The maximum Gasteiger partial charge on any atom is 0.343 e. The molecule has 2 aromatic rings. The van der Waals surface area contributed by atoms with Gasteiger partial charge in [0.05, 0.1) is 29.9 Å². The number of hydrogen-bond acceptors (Lipinski definition) is 8. The van der Waals surface area contributed by atoms with Gasteiger partial charge < -0.3 is 24.3 Å². The van der Waals surface area contributed by atoms with Crippen LogP contribution < -0.4 is 14.8 Å². The number of esters is 3. The normalized spacial score (nSPS) is 15.0. The van der Waals surface area contributed by atoms with Gasteiger partial charge in [-0.2, -0.15) is 0 Å². The van der Waals surface area contributed by atoms with E-state index in [1.54, 1.807) is 37.3 Å². The van der Waals surface area contributed by atoms with E-state index < -0.39 is 29.9 Å². The molecule has 1 heterocycles. The van der Waals surface area contributed by atoms with Crippen LogP contribution in [-0.2, 0) is 14.3 Å². The first-order chi connectivity index (χ1) is 15.4. The van der Waals surface area contributed by atoms with Gasteiger partial charge in [-0.15, -0.1) is 0 Å². The third kappa shape index (κ3) is 5.70. The van der Waals surface area contributed by atoms with Crippen molar-refractivity contribution in [2.45, 2.75) is 26.4 Å². The fourth-order valence-corrected chi connectivity index (χ4v) is 3.04. The molecule has 168 valence electrons. The Labute approximate surface area is 184 Å². The second-order valence-corrected chi connectivity index (χ2v) is 6.94. The molecule has 1 fully saturated rings. The van der Waals surface area contributed by atoms with E-state index >= 15 is 0 Å². The third-order valence-electron chi connectivity index (χ3n) is 4.51. The first kappa shape index (κ1) is 23.0. The summed E-state index contributed by atoms with van der Waals surface area (Å²) in [6.45, 7) is 3.90. The molecule has 3 rings (SSSR count). The molecule has 1 N–H and O–H groups in total. The lowest BCUT2D eigenvalue weighted by molar-refractivity contribution is -0.132. The van der Waals surface area contributed by atoms with Gasteiger partial charge in [0, 0.05) is 26.0 Å². The van der Waals surface area contributed by atoms with Gasteiger partial charge in [0.15, 0.2) is 11.5 Å². The highest BCUT2D eigenvalue weighted by Gasteiger charge is 2.28. The summed E-state index contributed by atoms with van der Waals surface area (Å²) in [7, 11) is 0. The molecule has 0 unspecified atom stereocenters. The van der Waals surface area contributed by atoms with Crippen LogP contribution in [0.1, 0.15) is 51.3 Å². The van der Waals surface area contributed by atoms with E-state index in [1.807, 2.05) is 0 Å². The van der Waals surface area contributed by atoms with Gasteiger partial charge in [-0.3, -0.25) is 9.59 Å². The number of rotatable bonds is 7. The Balaban J connectivity index is 2.01. The molecule has 0 aliphatic carbocycles. The number of hydrogen-bond donors (Lipinski definition) is 1. The number of ether oxygens (including phenoxy) is 4. The van der Waals surface area contributed by atoms with Crippen molar-refractivity contribution in [1.82, 2.24) is 5.32 Å². The van der Waals surface area contributed by atoms with Gasteiger partial charge in [-0.1, -0.05) is 18.2 Å². The molecule has 1 amide bonds. The minimum atomic E-state index is -0.781. The number of carbonyl (C=O) groups is 4. The van der Waals surface area contributed by atoms with Crippen molar-refractivity contribution in [3.05, 3.63) is 59.2 Å². The number of nitrogens with one attached hydrogen (secondary N) is 1. The van der Waals surface area contributed by atoms with Crippen LogP contribution in [0.3, 0.4) is 0 Å². The maximum absolute atomic E-state index is 12.8. The molecular weight excluding hydrogens is 418 g/mol. The fraction of sp³-hybridized carbons (Fsp3) is 0.304. The smallest absolute Gasteiger partial charge is 0.343 e. The van der Waals surface area contributed by atoms with Crippen LogP contribution in [0.25, 0.3) is 0 Å². The zero-order chi connectivity index (χ0) is 23.1. The van der Waals surface area contributed by atoms with E-state index in [1.165, 1.54) is 6.07 Å². The summed E-state index contributed by atoms with van der Waals surface area (Å²) in [6, 6.07) is 10.5. The van der Waals surface area contributed by atoms with E-state index in [4.69, 9.17) is 18.9 Å². The second-order valence-electron chi connectivity index (χ2n) is 6.94. The summed E-state index contributed by atoms with van der Waals surface area (Å²) in [4.78, 5) is 49.6. The van der Waals surface area contributed by atoms with Gasteiger partial charge in [-0.05, 0) is 25.1 Å². The predicted octanol–water partition coefficient (Wildman–Crippen LogP) is 2.53. The van der Waals surface area contributed by atoms with Crippen molar-refractivity contribution in [2.24, 2.45) is 0 Å². The molecule has 0 saturated carbocycles. The molecule has 1 aliphatic heterocycles. The summed E-state index contributed by atoms with van der Waals surface area (Å²) in [5.74, 6) is -3.15. The van der Waals surface area contributed by atoms with Crippen LogP contribution in [-0.4, -0.2) is 49.7 Å². The lowest BCUT2D eigenvalue weighted by Crippen LogP contribution is -2.27. The highest BCUT2D eigenvalue weighted by molar-refractivity contribution is 6.06. The Hall–Kier alpha value is -3.72. The van der Waals surface area contributed by atoms with Crippen LogP contribution >= 0.6 is 0 Å². The van der Waals surface area contributed by atoms with Crippen LogP contribution in [0.4, 0.5) is 0 Å². The van der Waals surface area contributed by atoms with Gasteiger partial charge in [0.2, 0.25) is 0 Å². The molecular formula is C23H23NO8. The van der Waals surface area contributed by atoms with Crippen molar-refractivity contribution in [2.75, 3.05) is 19.8 Å². The number of carbonyl (C=O) groups excluding carboxylic acids is 4. The number of amides is 1. The topological polar surface area (TPSA) is 117 Å². The Morgan fingerprint density at radius 3 is 2.31 bits per heavy atom. The minimum absolute atomic E-state index is 0.0810. The molecule has 1 atom stereocenters. The molecule has 32 heavy (non-hydrogen) atoms. The van der Waals surface area contributed by atoms with Crippen molar-refractivity contribution in [1.29, 1.82) is 0 Å². The van der Waals surface area contributed by atoms with Crippen LogP contribution in [0.5, 0.6) is 11.5 Å². The molecule has 1 aliphatic rings. The SMILES string of the molecule is CCNC(=O)c1cc(OC(=O)c2ccccc2)c(OC(C)=O)cc1C(=O)O[C@H]1CCOC1. The van der Waals surface area contributed by atoms with E-state index in [0.29, 0.717) is 19.6 Å². The van der Waals surface area contributed by atoms with E-state index in [0.717, 1.165) is 13.0 Å². The summed E-state index contributed by atoms with van der Waals surface area (Å²) >= 11 is 0. The van der Waals surface area contributed by atoms with Crippen molar-refractivity contribution in [3.8, 4) is 11.5 Å². The van der Waals surface area contributed by atoms with Crippen molar-refractivity contribution < 1.29 is 38.1 Å². The predicted molar refractivity (Wildman–Crippen MR) is 112 cm³/mol. The average molecular weight is 441 g/mol. The Kier molecular flexibility index (Phi) is 7.56. The van der Waals surface area contributed by atoms with Gasteiger partial charge in [0.25, 0.3) is 5.91 Å². The van der Waals surface area contributed by atoms with Crippen molar-refractivity contribution >= 4 is 23.8 Å². The highest BCUT2D eigenvalue weighted by atomic mass is 16.6. The lowest BCUT2D eigenvalue weighted by atomic mass is 10.0. The van der Waals surface area contributed by atoms with E-state index in [2.05, 4.69) is 5.32 Å². The summed E-state index contributed by atoms with van der Waals surface area (Å²) < 4.78 is 21.2. The monoisotopic (exact) mass is 441 g/mol. The van der Waals surface area contributed by atoms with Gasteiger partial charge in [-0.25, -0.2) is 9.59 Å². The molecule has 9 nitrogen and oxygen atoms in total. The second kappa shape index (κ2) is 10.5. The molecule has 9 heteroatoms. The molecule has 1 saturated heterocycles. The fourth-order valence-electron chi connectivity index (χ4n) is 3.04. The van der Waals surface area contributed by atoms with E-state index in [9.17, 15) is 19.2 Å². The quantitative estimate of drug-likeness (QED) is 0.515. The largest absolute Gasteiger partial charge is 0.456 e. The summed E-state index contributed by atoms with van der Waals surface area (Å²) in [5, 5.41) is 2.60. The van der Waals surface area contributed by atoms with E-state index in [-0.39, 0.29) is 34.8 Å². The third-order valence-corrected chi connectivity index (χ3v) is 4.51. The number of benzene rings is 2. The standard InChI is InChI=1S/C23H23NO8/c1-3-24-21(26)17-11-20(32-22(27)15-7-5-4-6-8-15)19(30-14(2)25)12-18(17)23(28)31-16-9-10-29-13-16/h4-8,11-12,16H,3,9-10,13H2,1-2H3,(H,24,26)/t16-/m0/s1. The first-order valence-corrected chi connectivity index (χ1v) is 10.1. The highest BCUT2D eigenvalue weighted by Crippen LogP contribution is 2.33. The summed E-state index contributed by atoms with van der Waals surface area (Å²) in [5.41, 5.74) is 0.0479. The molecule has 0 radical (unpaired) electrons. The molecule has 2 aromatic carbocycles. The van der Waals surface area contributed by atoms with Crippen LogP contribution in [0.15, 0.2) is 42.5 Å². The maximum atomic E-state index is 12.8. The molecule has 0 bridgehead atoms. The summed E-state index contributed by atoms with van der Waals surface area (Å²) in [6.07, 6.45) is 0.0866. The van der Waals surface area contributed by atoms with Gasteiger partial charge >= 0.3 is 17.9 Å². The van der Waals surface area contributed by atoms with Crippen LogP contribution in [0.2, 0.25) is 0 Å². The van der Waals surface area contributed by atoms with Crippen molar-refractivity contribution in [3.63, 3.8) is 0 Å². The van der Waals surface area contributed by atoms with Gasteiger partial charge in [0.1, 0.15) is 6.10 Å². The minimum Gasteiger partial charge on any atom is -0.456 e. The Bertz CT molecular complexity index is 1010. The van der Waals surface area contributed by atoms with Crippen LogP contribution in [0, 0.1) is 0 Å². The Morgan fingerprint density at radius 2 is 1.69 bits per heavy atom.